The van der Waals surface area contributed by atoms with Gasteiger partial charge in [-0.05, 0) is 25.7 Å². The Morgan fingerprint density at radius 3 is 1.38 bits per heavy atom. The summed E-state index contributed by atoms with van der Waals surface area (Å²) in [6.45, 7) is 0. The van der Waals surface area contributed by atoms with Crippen LogP contribution in [-0.2, 0) is 0 Å². The first-order chi connectivity index (χ1) is 7.45. The minimum absolute atomic E-state index is 0. The molecule has 2 aliphatic rings. The van der Waals surface area contributed by atoms with Gasteiger partial charge < -0.3 is 6.15 Å². The zero-order valence-corrected chi connectivity index (χ0v) is 10.3. The highest BCUT2D eigenvalue weighted by molar-refractivity contribution is 5.42. The zero-order chi connectivity index (χ0) is 10.3. The van der Waals surface area contributed by atoms with Gasteiger partial charge in [0.1, 0.15) is 0 Å². The molecule has 0 unspecified atom stereocenters. The molecule has 0 bridgehead atoms. The van der Waals surface area contributed by atoms with E-state index in [1.807, 2.05) is 0 Å². The fraction of sp³-hybridized carbons (Fsp3) is 0.923. The fourth-order valence-electron chi connectivity index (χ4n) is 2.62. The van der Waals surface area contributed by atoms with Crippen molar-refractivity contribution in [2.24, 2.45) is 9.98 Å². The maximum absolute atomic E-state index is 4.46. The average molecular weight is 223 g/mol. The van der Waals surface area contributed by atoms with Gasteiger partial charge in [-0.1, -0.05) is 38.5 Å². The number of nitrogens with zero attached hydrogens (tertiary/aromatic N) is 2. The summed E-state index contributed by atoms with van der Waals surface area (Å²) in [5.74, 6) is 0. The second-order valence-electron chi connectivity index (χ2n) is 4.94. The van der Waals surface area contributed by atoms with Crippen LogP contribution < -0.4 is 6.15 Å². The average Bonchev–Trinajstić information content (AvgIpc) is 2.32. The van der Waals surface area contributed by atoms with E-state index in [2.05, 4.69) is 16.0 Å². The number of hydrogen-bond donors (Lipinski definition) is 1. The van der Waals surface area contributed by atoms with Crippen LogP contribution in [0.15, 0.2) is 9.98 Å². The van der Waals surface area contributed by atoms with Crippen LogP contribution in [0.3, 0.4) is 0 Å². The summed E-state index contributed by atoms with van der Waals surface area (Å²) < 4.78 is 0. The molecular weight excluding hydrogens is 198 g/mol. The highest BCUT2D eigenvalue weighted by Gasteiger charge is 2.12. The smallest absolute Gasteiger partial charge is 0.0898 e. The molecule has 3 heteroatoms. The first-order valence-corrected chi connectivity index (χ1v) is 6.60. The van der Waals surface area contributed by atoms with E-state index in [9.17, 15) is 0 Å². The lowest BCUT2D eigenvalue weighted by molar-refractivity contribution is 0.438. The number of rotatable bonds is 2. The van der Waals surface area contributed by atoms with Gasteiger partial charge in [0.25, 0.3) is 0 Å². The van der Waals surface area contributed by atoms with Crippen LogP contribution in [0.2, 0.25) is 0 Å². The van der Waals surface area contributed by atoms with Crippen LogP contribution >= 0.6 is 0 Å². The van der Waals surface area contributed by atoms with Crippen LogP contribution in [0.1, 0.15) is 64.2 Å². The molecule has 0 aromatic carbocycles. The van der Waals surface area contributed by atoms with Gasteiger partial charge in [0.2, 0.25) is 0 Å². The van der Waals surface area contributed by atoms with E-state index in [1.54, 1.807) is 0 Å². The van der Waals surface area contributed by atoms with E-state index in [0.717, 1.165) is 0 Å². The van der Waals surface area contributed by atoms with Crippen molar-refractivity contribution in [2.45, 2.75) is 76.3 Å². The first kappa shape index (κ1) is 13.4. The molecule has 0 spiro atoms. The lowest BCUT2D eigenvalue weighted by atomic mass is 9.96. The van der Waals surface area contributed by atoms with Crippen molar-refractivity contribution in [2.75, 3.05) is 0 Å². The van der Waals surface area contributed by atoms with E-state index in [0.29, 0.717) is 12.1 Å². The molecular formula is C13H25N3. The van der Waals surface area contributed by atoms with Crippen molar-refractivity contribution in [3.63, 3.8) is 0 Å². The quantitative estimate of drug-likeness (QED) is 0.707. The Balaban J connectivity index is 0.00000128. The lowest BCUT2D eigenvalue weighted by Gasteiger charge is -2.17. The Morgan fingerprint density at radius 2 is 1.00 bits per heavy atom. The topological polar surface area (TPSA) is 59.7 Å². The molecule has 0 atom stereocenters. The molecule has 0 saturated heterocycles. The van der Waals surface area contributed by atoms with Crippen molar-refractivity contribution in [1.29, 1.82) is 0 Å². The third kappa shape index (κ3) is 4.46. The molecule has 0 aromatic rings. The fourth-order valence-corrected chi connectivity index (χ4v) is 2.62. The maximum Gasteiger partial charge on any atom is 0.0898 e. The summed E-state index contributed by atoms with van der Waals surface area (Å²) in [7, 11) is 0. The van der Waals surface area contributed by atoms with Gasteiger partial charge in [-0.2, -0.15) is 0 Å². The van der Waals surface area contributed by atoms with Crippen molar-refractivity contribution >= 4 is 6.01 Å². The second-order valence-corrected chi connectivity index (χ2v) is 4.94. The monoisotopic (exact) mass is 223 g/mol. The van der Waals surface area contributed by atoms with Crippen LogP contribution in [0.5, 0.6) is 0 Å². The predicted molar refractivity (Wildman–Crippen MR) is 68.6 cm³/mol. The molecule has 2 aliphatic carbocycles. The highest BCUT2D eigenvalue weighted by Crippen LogP contribution is 2.21. The third-order valence-corrected chi connectivity index (χ3v) is 3.63. The van der Waals surface area contributed by atoms with Crippen molar-refractivity contribution < 1.29 is 0 Å². The molecule has 0 radical (unpaired) electrons. The molecule has 3 N–H and O–H groups in total. The molecule has 0 amide bonds. The SMILES string of the molecule is C(=NC1CCCCC1)=NC1CCCCC1.N. The van der Waals surface area contributed by atoms with Gasteiger partial charge in [-0.25, -0.2) is 9.98 Å². The lowest BCUT2D eigenvalue weighted by Crippen LogP contribution is -2.10. The highest BCUT2D eigenvalue weighted by atomic mass is 14.9. The van der Waals surface area contributed by atoms with Crippen molar-refractivity contribution in [1.82, 2.24) is 6.15 Å². The molecule has 0 heterocycles. The van der Waals surface area contributed by atoms with Gasteiger partial charge in [0, 0.05) is 0 Å². The number of hydrogen-bond acceptors (Lipinski definition) is 3. The summed E-state index contributed by atoms with van der Waals surface area (Å²) in [6.07, 6.45) is 13.2. The molecule has 16 heavy (non-hydrogen) atoms. The summed E-state index contributed by atoms with van der Waals surface area (Å²) in [5, 5.41) is 0. The summed E-state index contributed by atoms with van der Waals surface area (Å²) in [6, 6.07) is 4.04. The van der Waals surface area contributed by atoms with Gasteiger partial charge in [-0.15, -0.1) is 0 Å². The largest absolute Gasteiger partial charge is 0.344 e. The number of aliphatic imine (C=N–C) groups is 2. The Kier molecular flexibility index (Phi) is 6.36. The van der Waals surface area contributed by atoms with Gasteiger partial charge in [-0.3, -0.25) is 0 Å². The van der Waals surface area contributed by atoms with E-state index in [-0.39, 0.29) is 6.15 Å². The molecule has 3 nitrogen and oxygen atoms in total. The van der Waals surface area contributed by atoms with Gasteiger partial charge in [0.15, 0.2) is 0 Å². The zero-order valence-electron chi connectivity index (χ0n) is 10.3. The Labute approximate surface area is 99.0 Å². The van der Waals surface area contributed by atoms with Crippen molar-refractivity contribution in [3.05, 3.63) is 0 Å². The van der Waals surface area contributed by atoms with Gasteiger partial charge in [0.05, 0.1) is 18.1 Å². The van der Waals surface area contributed by atoms with E-state index >= 15 is 0 Å². The first-order valence-electron chi connectivity index (χ1n) is 6.60. The molecule has 0 aliphatic heterocycles. The van der Waals surface area contributed by atoms with Gasteiger partial charge >= 0.3 is 0 Å². The second kappa shape index (κ2) is 7.59. The summed E-state index contributed by atoms with van der Waals surface area (Å²) in [4.78, 5) is 8.92. The summed E-state index contributed by atoms with van der Waals surface area (Å²) in [5.41, 5.74) is 0. The molecule has 0 aromatic heterocycles. The van der Waals surface area contributed by atoms with Crippen LogP contribution in [0.25, 0.3) is 0 Å². The maximum atomic E-state index is 4.46. The van der Waals surface area contributed by atoms with Crippen molar-refractivity contribution in [3.8, 4) is 0 Å². The normalized spacial score (nSPS) is 23.0. The van der Waals surface area contributed by atoms with Crippen LogP contribution in [0.4, 0.5) is 0 Å². The Bertz CT molecular complexity index is 210. The predicted octanol–water partition coefficient (Wildman–Crippen LogP) is 3.99. The standard InChI is InChI=1S/C13H22N2.H3N/c1-3-7-12(8-4-1)14-11-15-13-9-5-2-6-10-13;/h12-13H,1-10H2;1H3. The third-order valence-electron chi connectivity index (χ3n) is 3.63. The minimum Gasteiger partial charge on any atom is -0.344 e. The van der Waals surface area contributed by atoms with E-state index < -0.39 is 0 Å². The summed E-state index contributed by atoms with van der Waals surface area (Å²) >= 11 is 0. The van der Waals surface area contributed by atoms with E-state index in [1.165, 1.54) is 64.2 Å². The molecule has 2 fully saturated rings. The molecule has 2 rings (SSSR count). The molecule has 2 saturated carbocycles. The van der Waals surface area contributed by atoms with Crippen LogP contribution in [-0.4, -0.2) is 18.1 Å². The van der Waals surface area contributed by atoms with Crippen LogP contribution in [0, 0.1) is 0 Å². The minimum atomic E-state index is 0. The Morgan fingerprint density at radius 1 is 0.625 bits per heavy atom. The molecule has 92 valence electrons. The Hall–Kier alpha value is -0.660. The van der Waals surface area contributed by atoms with E-state index in [4.69, 9.17) is 0 Å².